The molecule has 0 atom stereocenters. The van der Waals surface area contributed by atoms with E-state index in [0.717, 1.165) is 17.6 Å². The molecule has 0 aliphatic carbocycles. The van der Waals surface area contributed by atoms with Gasteiger partial charge >= 0.3 is 0 Å². The molecular weight excluding hydrogens is 186 g/mol. The van der Waals surface area contributed by atoms with Crippen LogP contribution in [0.15, 0.2) is 12.1 Å². The van der Waals surface area contributed by atoms with Crippen LogP contribution in [0, 0.1) is 19.8 Å². The second-order valence-corrected chi connectivity index (χ2v) is 4.55. The maximum absolute atomic E-state index is 4.52. The molecule has 0 spiro atoms. The monoisotopic (exact) mass is 203 g/mol. The Morgan fingerprint density at radius 3 is 1.93 bits per heavy atom. The predicted octanol–water partition coefficient (Wildman–Crippen LogP) is 2.70. The molecule has 0 bridgehead atoms. The van der Waals surface area contributed by atoms with E-state index in [9.17, 15) is 0 Å². The summed E-state index contributed by atoms with van der Waals surface area (Å²) in [5, 5.41) is 9.04. The summed E-state index contributed by atoms with van der Waals surface area (Å²) in [5.74, 6) is 0.576. The van der Waals surface area contributed by atoms with E-state index in [0.29, 0.717) is 5.92 Å². The highest BCUT2D eigenvalue weighted by molar-refractivity contribution is 5.80. The fourth-order valence-electron chi connectivity index (χ4n) is 1.70. The van der Waals surface area contributed by atoms with E-state index < -0.39 is 0 Å². The molecule has 0 aliphatic heterocycles. The summed E-state index contributed by atoms with van der Waals surface area (Å²) in [6.07, 6.45) is 0. The largest absolute Gasteiger partial charge is 0.183 e. The van der Waals surface area contributed by atoms with Gasteiger partial charge in [0.05, 0.1) is 6.54 Å². The molecule has 0 amide bonds. The molecule has 0 saturated heterocycles. The van der Waals surface area contributed by atoms with E-state index in [1.807, 2.05) is 4.80 Å². The third-order valence-corrected chi connectivity index (χ3v) is 2.51. The van der Waals surface area contributed by atoms with E-state index in [1.165, 1.54) is 11.1 Å². The van der Waals surface area contributed by atoms with Gasteiger partial charge in [-0.3, -0.25) is 0 Å². The summed E-state index contributed by atoms with van der Waals surface area (Å²) in [6, 6.07) is 4.21. The predicted molar refractivity (Wildman–Crippen MR) is 61.8 cm³/mol. The zero-order chi connectivity index (χ0) is 11.0. The Balaban J connectivity index is 2.54. The number of benzene rings is 1. The van der Waals surface area contributed by atoms with Crippen LogP contribution < -0.4 is 0 Å². The molecule has 0 N–H and O–H groups in total. The number of nitrogens with zero attached hydrogens (tertiary/aromatic N) is 3. The fraction of sp³-hybridized carbons (Fsp3) is 0.500. The average Bonchev–Trinajstić information content (AvgIpc) is 2.55. The summed E-state index contributed by atoms with van der Waals surface area (Å²) in [4.78, 5) is 1.81. The van der Waals surface area contributed by atoms with Crippen LogP contribution in [0.4, 0.5) is 0 Å². The fourth-order valence-corrected chi connectivity index (χ4v) is 1.70. The first kappa shape index (κ1) is 10.1. The van der Waals surface area contributed by atoms with Gasteiger partial charge < -0.3 is 0 Å². The molecule has 0 radical (unpaired) electrons. The van der Waals surface area contributed by atoms with Crippen molar-refractivity contribution in [3.8, 4) is 0 Å². The number of hydrogen-bond donors (Lipinski definition) is 0. The van der Waals surface area contributed by atoms with Gasteiger partial charge in [0.1, 0.15) is 11.0 Å². The molecule has 0 saturated carbocycles. The van der Waals surface area contributed by atoms with Gasteiger partial charge in [0.2, 0.25) is 0 Å². The van der Waals surface area contributed by atoms with E-state index in [-0.39, 0.29) is 0 Å². The van der Waals surface area contributed by atoms with Gasteiger partial charge in [-0.1, -0.05) is 26.0 Å². The van der Waals surface area contributed by atoms with Crippen LogP contribution in [0.1, 0.15) is 25.0 Å². The summed E-state index contributed by atoms with van der Waals surface area (Å²) < 4.78 is 0. The molecule has 3 nitrogen and oxygen atoms in total. The molecule has 1 aromatic carbocycles. The van der Waals surface area contributed by atoms with Crippen molar-refractivity contribution in [3.05, 3.63) is 23.3 Å². The lowest BCUT2D eigenvalue weighted by Crippen LogP contribution is -2.07. The first-order valence-corrected chi connectivity index (χ1v) is 5.39. The highest BCUT2D eigenvalue weighted by atomic mass is 15.5. The van der Waals surface area contributed by atoms with Crippen LogP contribution in [-0.4, -0.2) is 15.0 Å². The summed E-state index contributed by atoms with van der Waals surface area (Å²) >= 11 is 0. The lowest BCUT2D eigenvalue weighted by Gasteiger charge is -2.01. The van der Waals surface area contributed by atoms with E-state index in [2.05, 4.69) is 50.0 Å². The molecule has 1 aromatic heterocycles. The lowest BCUT2D eigenvalue weighted by molar-refractivity contribution is 0.442. The number of aromatic nitrogens is 3. The Labute approximate surface area is 90.1 Å². The van der Waals surface area contributed by atoms with E-state index >= 15 is 0 Å². The van der Waals surface area contributed by atoms with Crippen LogP contribution in [-0.2, 0) is 6.54 Å². The minimum Gasteiger partial charge on any atom is -0.183 e. The molecule has 0 unspecified atom stereocenters. The van der Waals surface area contributed by atoms with E-state index in [4.69, 9.17) is 0 Å². The van der Waals surface area contributed by atoms with Crippen molar-refractivity contribution < 1.29 is 0 Å². The maximum Gasteiger partial charge on any atom is 0.116 e. The van der Waals surface area contributed by atoms with Gasteiger partial charge in [-0.2, -0.15) is 15.0 Å². The topological polar surface area (TPSA) is 30.7 Å². The molecule has 2 rings (SSSR count). The van der Waals surface area contributed by atoms with Crippen molar-refractivity contribution >= 4 is 11.0 Å². The number of fused-ring (bicyclic) bond motifs is 1. The zero-order valence-corrected chi connectivity index (χ0v) is 9.78. The normalized spacial score (nSPS) is 11.5. The van der Waals surface area contributed by atoms with Crippen molar-refractivity contribution in [2.75, 3.05) is 0 Å². The van der Waals surface area contributed by atoms with Gasteiger partial charge in [0, 0.05) is 0 Å². The third kappa shape index (κ3) is 1.87. The highest BCUT2D eigenvalue weighted by Crippen LogP contribution is 2.18. The highest BCUT2D eigenvalue weighted by Gasteiger charge is 2.08. The first-order valence-electron chi connectivity index (χ1n) is 5.39. The molecule has 1 heterocycles. The summed E-state index contributed by atoms with van der Waals surface area (Å²) in [5.41, 5.74) is 4.47. The second-order valence-electron chi connectivity index (χ2n) is 4.55. The van der Waals surface area contributed by atoms with Crippen LogP contribution >= 0.6 is 0 Å². The second kappa shape index (κ2) is 3.65. The number of hydrogen-bond acceptors (Lipinski definition) is 2. The van der Waals surface area contributed by atoms with Gasteiger partial charge in [-0.05, 0) is 30.9 Å². The van der Waals surface area contributed by atoms with Gasteiger partial charge in [0.25, 0.3) is 0 Å². The van der Waals surface area contributed by atoms with Crippen molar-refractivity contribution in [1.29, 1.82) is 0 Å². The Morgan fingerprint density at radius 1 is 1.07 bits per heavy atom. The van der Waals surface area contributed by atoms with Crippen molar-refractivity contribution in [1.82, 2.24) is 15.0 Å². The van der Waals surface area contributed by atoms with Crippen LogP contribution in [0.3, 0.4) is 0 Å². The average molecular weight is 203 g/mol. The SMILES string of the molecule is Cc1ccc(C)c2nn(CC(C)C)nc12. The van der Waals surface area contributed by atoms with Crippen molar-refractivity contribution in [2.24, 2.45) is 5.92 Å². The Bertz CT molecular complexity index is 444. The summed E-state index contributed by atoms with van der Waals surface area (Å²) in [6.45, 7) is 9.39. The molecule has 15 heavy (non-hydrogen) atoms. The molecule has 0 aliphatic rings. The molecule has 0 fully saturated rings. The standard InChI is InChI=1S/C12H17N3/c1-8(2)7-15-13-11-9(3)5-6-10(4)12(11)14-15/h5-6,8H,7H2,1-4H3. The van der Waals surface area contributed by atoms with Gasteiger partial charge in [-0.15, -0.1) is 0 Å². The lowest BCUT2D eigenvalue weighted by atomic mass is 10.1. The first-order chi connectivity index (χ1) is 7.08. The molecule has 80 valence electrons. The minimum absolute atomic E-state index is 0.576. The Kier molecular flexibility index (Phi) is 2.47. The van der Waals surface area contributed by atoms with Crippen LogP contribution in [0.25, 0.3) is 11.0 Å². The molecular formula is C12H17N3. The number of aryl methyl sites for hydroxylation is 2. The van der Waals surface area contributed by atoms with Crippen molar-refractivity contribution in [3.63, 3.8) is 0 Å². The molecule has 2 aromatic rings. The summed E-state index contributed by atoms with van der Waals surface area (Å²) in [7, 11) is 0. The van der Waals surface area contributed by atoms with Gasteiger partial charge in [0.15, 0.2) is 0 Å². The Morgan fingerprint density at radius 2 is 1.53 bits per heavy atom. The third-order valence-electron chi connectivity index (χ3n) is 2.51. The quantitative estimate of drug-likeness (QED) is 0.751. The zero-order valence-electron chi connectivity index (χ0n) is 9.78. The smallest absolute Gasteiger partial charge is 0.116 e. The Hall–Kier alpha value is -1.38. The van der Waals surface area contributed by atoms with Crippen molar-refractivity contribution in [2.45, 2.75) is 34.2 Å². The maximum atomic E-state index is 4.52. The van der Waals surface area contributed by atoms with Crippen LogP contribution in [0.2, 0.25) is 0 Å². The molecule has 3 heteroatoms. The minimum atomic E-state index is 0.576. The van der Waals surface area contributed by atoms with Gasteiger partial charge in [-0.25, -0.2) is 0 Å². The van der Waals surface area contributed by atoms with Crippen LogP contribution in [0.5, 0.6) is 0 Å². The number of rotatable bonds is 2. The van der Waals surface area contributed by atoms with E-state index in [1.54, 1.807) is 0 Å².